The summed E-state index contributed by atoms with van der Waals surface area (Å²) in [6, 6.07) is 13.3. The highest BCUT2D eigenvalue weighted by Gasteiger charge is 2.49. The van der Waals surface area contributed by atoms with Crippen molar-refractivity contribution >= 4 is 50.9 Å². The number of amides is 3. The summed E-state index contributed by atoms with van der Waals surface area (Å²) < 4.78 is 21.5. The molecule has 7 atom stereocenters. The zero-order chi connectivity index (χ0) is 61.1. The molecule has 0 saturated carbocycles. The number of phenolic OH excluding ortho intramolecular Hbond substituents is 1. The molecule has 14 nitrogen and oxygen atoms in total. The lowest BCUT2D eigenvalue weighted by Gasteiger charge is -2.36. The van der Waals surface area contributed by atoms with Crippen LogP contribution in [0.3, 0.4) is 0 Å². The standard InChI is InChI=1S/C35H42FN5O3.C33H53N3O3.C2H6/c1-4-23-11-13-35(12-7-15-41(23)35)20-44-34-38-32-21(3)31(37-18-28(32)33(39-34)40-14-6-8-24(42)19-40)27-17-25(43)16-22-9-10-29(36)26(5-2)30(22)27;1-7-10-26(12-11-23(4)8-2)22-35-19-17-27(18-20-35)28-13-14-30(29(21-28)24(5)9-3)36(25(6)37)31-15-16-32(38)34-33(31)39;1-2/h9-10,16-18,23-24,42-43H,4-8,11-15,19-20H2,1-3H3;13-14,21,23-24,26-27,31H,7-12,15-20,22H2,1-6H3,(H,34,38,39);1-2H3. The highest BCUT2D eigenvalue weighted by molar-refractivity contribution is 6.07. The molecule has 5 fully saturated rings. The Bertz CT molecular complexity index is 3090. The maximum absolute atomic E-state index is 15.0. The number of aliphatic hydroxyl groups is 1. The number of β-amino-alcohol motifs (C(OH)–C–C–N with tert-alkyl or cyclic N) is 1. The van der Waals surface area contributed by atoms with Gasteiger partial charge in [0.15, 0.2) is 0 Å². The number of nitrogens with one attached hydrogen (secondary N) is 1. The number of fused-ring (bicyclic) bond motifs is 3. The minimum Gasteiger partial charge on any atom is -0.508 e. The number of pyridine rings is 1. The van der Waals surface area contributed by atoms with Gasteiger partial charge in [-0.2, -0.15) is 9.97 Å². The molecule has 0 aliphatic carbocycles. The third-order valence-corrected chi connectivity index (χ3v) is 19.7. The number of halogens is 1. The number of ether oxygens (including phenoxy) is 1. The molecule has 5 aromatic rings. The average Bonchev–Trinajstić information content (AvgIpc) is 3.32. The van der Waals surface area contributed by atoms with Crippen LogP contribution in [0.5, 0.6) is 11.8 Å². The third-order valence-electron chi connectivity index (χ3n) is 19.7. The summed E-state index contributed by atoms with van der Waals surface area (Å²) in [5.41, 5.74) is 6.73. The van der Waals surface area contributed by atoms with E-state index < -0.39 is 12.1 Å². The molecular formula is C70H101FN8O6. The van der Waals surface area contributed by atoms with Crippen LogP contribution in [-0.2, 0) is 20.8 Å². The fourth-order valence-corrected chi connectivity index (χ4v) is 14.6. The molecule has 15 heteroatoms. The summed E-state index contributed by atoms with van der Waals surface area (Å²) in [6.45, 7) is 29.5. The number of likely N-dealkylation sites (tertiary alicyclic amines) is 1. The molecule has 85 heavy (non-hydrogen) atoms. The Morgan fingerprint density at radius 2 is 1.68 bits per heavy atom. The number of aliphatic hydroxyl groups excluding tert-OH is 1. The van der Waals surface area contributed by atoms with E-state index in [4.69, 9.17) is 19.7 Å². The Morgan fingerprint density at radius 3 is 2.36 bits per heavy atom. The Kier molecular flexibility index (Phi) is 22.8. The largest absolute Gasteiger partial charge is 0.508 e. The van der Waals surface area contributed by atoms with Gasteiger partial charge < -0.3 is 24.7 Å². The monoisotopic (exact) mass is 1170 g/mol. The number of phenols is 1. The zero-order valence-electron chi connectivity index (χ0n) is 53.4. The number of carbonyl (C=O) groups excluding carboxylic acids is 3. The molecule has 464 valence electrons. The fraction of sp³-hybridized carbons (Fsp3) is 0.629. The van der Waals surface area contributed by atoms with Crippen molar-refractivity contribution in [3.63, 3.8) is 0 Å². The Balaban J connectivity index is 0.000000217. The number of hydrogen-bond acceptors (Lipinski definition) is 12. The van der Waals surface area contributed by atoms with Crippen molar-refractivity contribution in [1.82, 2.24) is 30.1 Å². The Hall–Kier alpha value is -5.77. The second-order valence-corrected chi connectivity index (χ2v) is 25.3. The molecule has 7 heterocycles. The molecule has 2 aromatic heterocycles. The van der Waals surface area contributed by atoms with Gasteiger partial charge in [0.1, 0.15) is 30.0 Å². The minimum atomic E-state index is -0.645. The van der Waals surface area contributed by atoms with Gasteiger partial charge in [-0.05, 0) is 192 Å². The van der Waals surface area contributed by atoms with Crippen molar-refractivity contribution in [3.05, 3.63) is 76.7 Å². The lowest BCUT2D eigenvalue weighted by molar-refractivity contribution is -0.135. The van der Waals surface area contributed by atoms with E-state index in [1.54, 1.807) is 29.3 Å². The van der Waals surface area contributed by atoms with Gasteiger partial charge in [-0.15, -0.1) is 0 Å². The predicted octanol–water partition coefficient (Wildman–Crippen LogP) is 14.1. The second kappa shape index (κ2) is 29.8. The first-order valence-corrected chi connectivity index (χ1v) is 32.9. The van der Waals surface area contributed by atoms with Gasteiger partial charge >= 0.3 is 6.01 Å². The quantitative estimate of drug-likeness (QED) is 0.0633. The van der Waals surface area contributed by atoms with Gasteiger partial charge in [0.05, 0.1) is 28.2 Å². The minimum absolute atomic E-state index is 0.0278. The lowest BCUT2D eigenvalue weighted by atomic mass is 9.84. The number of anilines is 2. The van der Waals surface area contributed by atoms with E-state index in [0.29, 0.717) is 72.1 Å². The van der Waals surface area contributed by atoms with E-state index in [2.05, 4.69) is 79.8 Å². The molecule has 5 saturated heterocycles. The summed E-state index contributed by atoms with van der Waals surface area (Å²) in [6.07, 6.45) is 19.7. The molecule has 3 amide bonds. The molecule has 5 aliphatic rings. The molecule has 3 N–H and O–H groups in total. The van der Waals surface area contributed by atoms with Gasteiger partial charge in [-0.3, -0.25) is 34.5 Å². The van der Waals surface area contributed by atoms with Crippen molar-refractivity contribution in [1.29, 1.82) is 0 Å². The number of carbonyl (C=O) groups is 3. The van der Waals surface area contributed by atoms with Gasteiger partial charge in [-0.25, -0.2) is 4.39 Å². The molecule has 10 rings (SSSR count). The summed E-state index contributed by atoms with van der Waals surface area (Å²) >= 11 is 0. The first-order chi connectivity index (χ1) is 41.0. The summed E-state index contributed by atoms with van der Waals surface area (Å²) in [5, 5.41) is 25.9. The molecule has 5 aliphatic heterocycles. The SMILES string of the molecule is CC.CCCC(CCC(C)CC)CN1CCC(c2ccc(N(C(C)=O)C3CCC(=O)NC3=O)c(C(C)CC)c2)CC1.CCc1c(F)ccc2cc(O)cc(-c3ncc4c(N5CCCC(O)C5)nc(OCC56CCCN5C(CC)CC6)nc4c3C)c12. The Morgan fingerprint density at radius 1 is 0.906 bits per heavy atom. The van der Waals surface area contributed by atoms with E-state index in [-0.39, 0.29) is 47.2 Å². The number of aromatic hydroxyl groups is 1. The van der Waals surface area contributed by atoms with E-state index in [9.17, 15) is 24.6 Å². The van der Waals surface area contributed by atoms with Crippen LogP contribution in [0.1, 0.15) is 212 Å². The molecule has 0 bridgehead atoms. The number of rotatable bonds is 20. The zero-order valence-corrected chi connectivity index (χ0v) is 53.4. The van der Waals surface area contributed by atoms with Crippen molar-refractivity contribution < 1.29 is 33.7 Å². The van der Waals surface area contributed by atoms with Crippen LogP contribution in [0.4, 0.5) is 15.9 Å². The second-order valence-electron chi connectivity index (χ2n) is 25.3. The number of hydrogen-bond donors (Lipinski definition) is 3. The van der Waals surface area contributed by atoms with Gasteiger partial charge in [0.2, 0.25) is 17.7 Å². The smallest absolute Gasteiger partial charge is 0.319 e. The number of imide groups is 1. The molecule has 0 spiro atoms. The van der Waals surface area contributed by atoms with Crippen molar-refractivity contribution in [2.45, 2.75) is 227 Å². The van der Waals surface area contributed by atoms with Gasteiger partial charge in [0.25, 0.3) is 0 Å². The summed E-state index contributed by atoms with van der Waals surface area (Å²) in [5.74, 6) is 2.15. The molecule has 0 radical (unpaired) electrons. The normalized spacial score (nSPS) is 22.3. The van der Waals surface area contributed by atoms with E-state index in [1.807, 2.05) is 27.7 Å². The van der Waals surface area contributed by atoms with Crippen molar-refractivity contribution in [3.8, 4) is 23.0 Å². The number of piperidine rings is 3. The first kappa shape index (κ1) is 65.2. The first-order valence-electron chi connectivity index (χ1n) is 32.9. The molecular weight excluding hydrogens is 1070 g/mol. The van der Waals surface area contributed by atoms with E-state index >= 15 is 4.39 Å². The van der Waals surface area contributed by atoms with E-state index in [0.717, 1.165) is 122 Å². The van der Waals surface area contributed by atoms with Crippen LogP contribution in [-0.4, -0.2) is 122 Å². The van der Waals surface area contributed by atoms with Crippen LogP contribution in [0.25, 0.3) is 32.9 Å². The van der Waals surface area contributed by atoms with Crippen LogP contribution in [0.2, 0.25) is 0 Å². The number of nitrogens with zero attached hydrogens (tertiary/aromatic N) is 7. The maximum atomic E-state index is 15.0. The fourth-order valence-electron chi connectivity index (χ4n) is 14.6. The van der Waals surface area contributed by atoms with Crippen LogP contribution in [0.15, 0.2) is 48.7 Å². The van der Waals surface area contributed by atoms with Crippen LogP contribution in [0, 0.1) is 24.6 Å². The lowest BCUT2D eigenvalue weighted by Crippen LogP contribution is -2.54. The topological polar surface area (TPSA) is 165 Å². The number of aryl methyl sites for hydroxylation is 2. The van der Waals surface area contributed by atoms with E-state index in [1.165, 1.54) is 70.0 Å². The van der Waals surface area contributed by atoms with Gasteiger partial charge in [-0.1, -0.05) is 99.8 Å². The summed E-state index contributed by atoms with van der Waals surface area (Å²) in [4.78, 5) is 61.2. The van der Waals surface area contributed by atoms with Crippen molar-refractivity contribution in [2.24, 2.45) is 11.8 Å². The summed E-state index contributed by atoms with van der Waals surface area (Å²) in [7, 11) is 0. The van der Waals surface area contributed by atoms with Crippen LogP contribution < -0.4 is 19.9 Å². The number of benzene rings is 3. The highest BCUT2D eigenvalue weighted by atomic mass is 19.1. The predicted molar refractivity (Wildman–Crippen MR) is 342 cm³/mol. The highest BCUT2D eigenvalue weighted by Crippen LogP contribution is 2.45. The van der Waals surface area contributed by atoms with Crippen LogP contribution >= 0.6 is 0 Å². The molecule has 3 aromatic carbocycles. The van der Waals surface area contributed by atoms with Crippen molar-refractivity contribution in [2.75, 3.05) is 55.7 Å². The average molecular weight is 1170 g/mol. The molecule has 7 unspecified atom stereocenters. The number of aromatic nitrogens is 3. The van der Waals surface area contributed by atoms with Gasteiger partial charge in [0, 0.05) is 62.0 Å². The third kappa shape index (κ3) is 14.8. The Labute approximate surface area is 507 Å². The maximum Gasteiger partial charge on any atom is 0.319 e.